The Bertz CT molecular complexity index is 1760. The molecule has 0 N–H and O–H groups in total. The van der Waals surface area contributed by atoms with E-state index < -0.39 is 5.97 Å². The molecule has 1 aliphatic heterocycles. The van der Waals surface area contributed by atoms with E-state index in [0.29, 0.717) is 45.0 Å². The predicted molar refractivity (Wildman–Crippen MR) is 139 cm³/mol. The number of furan rings is 1. The van der Waals surface area contributed by atoms with Crippen LogP contribution in [0.1, 0.15) is 15.9 Å². The van der Waals surface area contributed by atoms with Gasteiger partial charge in [0, 0.05) is 16.3 Å². The summed E-state index contributed by atoms with van der Waals surface area (Å²) in [5.41, 5.74) is 4.40. The van der Waals surface area contributed by atoms with Crippen molar-refractivity contribution in [3.05, 3.63) is 113 Å². The Morgan fingerprint density at radius 3 is 1.72 bits per heavy atom. The molecule has 1 aliphatic rings. The highest BCUT2D eigenvalue weighted by atomic mass is 16.5. The fourth-order valence-electron chi connectivity index (χ4n) is 4.24. The maximum absolute atomic E-state index is 11.9. The molecular weight excluding hydrogens is 452 g/mol. The third kappa shape index (κ3) is 3.83. The van der Waals surface area contributed by atoms with Crippen LogP contribution < -0.4 is 20.3 Å². The number of rotatable bonds is 5. The topological polar surface area (TPSA) is 57.9 Å². The molecule has 0 spiro atoms. The number of ether oxygens (including phenoxy) is 3. The van der Waals surface area contributed by atoms with E-state index in [9.17, 15) is 4.79 Å². The molecule has 5 nitrogen and oxygen atoms in total. The number of esters is 1. The van der Waals surface area contributed by atoms with Crippen molar-refractivity contribution >= 4 is 35.7 Å². The monoisotopic (exact) mass is 472 g/mol. The molecule has 1 aromatic heterocycles. The Hall–Kier alpha value is -5.03. The van der Waals surface area contributed by atoms with E-state index in [1.807, 2.05) is 66.7 Å². The number of carbonyl (C=O) groups is 1. The molecule has 174 valence electrons. The maximum Gasteiger partial charge on any atom is 0.344 e. The summed E-state index contributed by atoms with van der Waals surface area (Å²) in [7, 11) is 0. The van der Waals surface area contributed by atoms with Crippen molar-refractivity contribution in [3.8, 4) is 34.1 Å². The third-order valence-electron chi connectivity index (χ3n) is 6.08. The van der Waals surface area contributed by atoms with Crippen LogP contribution in [0.4, 0.5) is 0 Å². The minimum Gasteiger partial charge on any atom is -0.457 e. The molecule has 36 heavy (non-hydrogen) atoms. The molecule has 0 saturated carbocycles. The van der Waals surface area contributed by atoms with E-state index in [4.69, 9.17) is 18.6 Å². The van der Waals surface area contributed by atoms with Crippen LogP contribution in [0, 0.1) is 0 Å². The fourth-order valence-corrected chi connectivity index (χ4v) is 4.24. The van der Waals surface area contributed by atoms with Gasteiger partial charge in [-0.05, 0) is 71.8 Å². The Morgan fingerprint density at radius 2 is 1.08 bits per heavy atom. The van der Waals surface area contributed by atoms with Gasteiger partial charge in [-0.15, -0.1) is 0 Å². The lowest BCUT2D eigenvalue weighted by Gasteiger charge is -2.09. The maximum atomic E-state index is 11.9. The van der Waals surface area contributed by atoms with Crippen LogP contribution in [0.15, 0.2) is 95.9 Å². The van der Waals surface area contributed by atoms with Crippen LogP contribution in [-0.2, 0) is 4.74 Å². The second kappa shape index (κ2) is 8.32. The summed E-state index contributed by atoms with van der Waals surface area (Å²) in [6, 6.07) is 26.5. The molecule has 0 bridgehead atoms. The molecule has 0 atom stereocenters. The van der Waals surface area contributed by atoms with Crippen molar-refractivity contribution in [2.24, 2.45) is 0 Å². The molecular formula is C31H20O5. The standard InChI is InChI=1S/C31H20O5/c1-18-27-14-12-25(16-29(27)20(3)33-18)35-23-8-4-21(5-9-23)22-6-10-24(11-7-22)36-26-13-15-28-19(2)34-31(32)30(28)17-26/h4-17H,1-3H2. The van der Waals surface area contributed by atoms with Crippen LogP contribution in [0.25, 0.3) is 40.8 Å². The van der Waals surface area contributed by atoms with Crippen LogP contribution in [0.3, 0.4) is 0 Å². The summed E-state index contributed by atoms with van der Waals surface area (Å²) in [6.45, 7) is 11.5. The average molecular weight is 472 g/mol. The zero-order chi connectivity index (χ0) is 24.8. The molecule has 0 saturated heterocycles. The van der Waals surface area contributed by atoms with Gasteiger partial charge >= 0.3 is 5.97 Å². The van der Waals surface area contributed by atoms with Crippen molar-refractivity contribution in [2.45, 2.75) is 0 Å². The summed E-state index contributed by atoms with van der Waals surface area (Å²) < 4.78 is 22.5. The molecule has 0 radical (unpaired) electrons. The molecule has 5 heteroatoms. The van der Waals surface area contributed by atoms with E-state index >= 15 is 0 Å². The summed E-state index contributed by atoms with van der Waals surface area (Å²) >= 11 is 0. The fraction of sp³-hybridized carbons (Fsp3) is 0. The predicted octanol–water partition coefficient (Wildman–Crippen LogP) is 6.65. The number of hydrogen-bond donors (Lipinski definition) is 0. The van der Waals surface area contributed by atoms with E-state index in [0.717, 1.165) is 27.6 Å². The minimum absolute atomic E-state index is 0.362. The lowest BCUT2D eigenvalue weighted by atomic mass is 10.1. The van der Waals surface area contributed by atoms with Gasteiger partial charge in [0.1, 0.15) is 39.6 Å². The Balaban J connectivity index is 1.16. The third-order valence-corrected chi connectivity index (χ3v) is 6.08. The Kier molecular flexibility index (Phi) is 4.97. The second-order valence-corrected chi connectivity index (χ2v) is 8.43. The molecule has 0 fully saturated rings. The summed E-state index contributed by atoms with van der Waals surface area (Å²) in [5.74, 6) is 2.59. The molecule has 6 rings (SSSR count). The first-order valence-corrected chi connectivity index (χ1v) is 11.3. The highest BCUT2D eigenvalue weighted by molar-refractivity contribution is 6.02. The number of benzene rings is 4. The largest absolute Gasteiger partial charge is 0.457 e. The highest BCUT2D eigenvalue weighted by Crippen LogP contribution is 2.33. The number of hydrogen-bond acceptors (Lipinski definition) is 5. The lowest BCUT2D eigenvalue weighted by molar-refractivity contribution is 0.0716. The number of cyclic esters (lactones) is 1. The van der Waals surface area contributed by atoms with Crippen LogP contribution >= 0.6 is 0 Å². The van der Waals surface area contributed by atoms with Gasteiger partial charge in [-0.2, -0.15) is 0 Å². The second-order valence-electron chi connectivity index (χ2n) is 8.43. The smallest absolute Gasteiger partial charge is 0.344 e. The van der Waals surface area contributed by atoms with E-state index in [-0.39, 0.29) is 0 Å². The summed E-state index contributed by atoms with van der Waals surface area (Å²) in [5, 5.41) is 1.82. The van der Waals surface area contributed by atoms with E-state index in [1.54, 1.807) is 18.2 Å². The lowest BCUT2D eigenvalue weighted by Crippen LogP contribution is -1.94. The molecule has 0 unspecified atom stereocenters. The zero-order valence-electron chi connectivity index (χ0n) is 19.2. The van der Waals surface area contributed by atoms with E-state index in [2.05, 4.69) is 19.7 Å². The quantitative estimate of drug-likeness (QED) is 0.268. The highest BCUT2D eigenvalue weighted by Gasteiger charge is 2.25. The van der Waals surface area contributed by atoms with Crippen molar-refractivity contribution in [1.82, 2.24) is 0 Å². The number of carbonyl (C=O) groups excluding carboxylic acids is 1. The molecule has 0 amide bonds. The summed E-state index contributed by atoms with van der Waals surface area (Å²) in [6.07, 6.45) is 0. The Morgan fingerprint density at radius 1 is 0.556 bits per heavy atom. The van der Waals surface area contributed by atoms with Gasteiger partial charge in [0.05, 0.1) is 5.56 Å². The van der Waals surface area contributed by atoms with Gasteiger partial charge < -0.3 is 18.6 Å². The van der Waals surface area contributed by atoms with Gasteiger partial charge in [-0.1, -0.05) is 44.0 Å². The zero-order valence-corrected chi connectivity index (χ0v) is 19.2. The van der Waals surface area contributed by atoms with Crippen molar-refractivity contribution in [3.63, 3.8) is 0 Å². The van der Waals surface area contributed by atoms with Gasteiger partial charge in [0.2, 0.25) is 0 Å². The average Bonchev–Trinajstić information content (AvgIpc) is 3.33. The van der Waals surface area contributed by atoms with Crippen molar-refractivity contribution in [2.75, 3.05) is 0 Å². The minimum atomic E-state index is -0.412. The molecule has 2 heterocycles. The van der Waals surface area contributed by atoms with Crippen LogP contribution in [0.2, 0.25) is 0 Å². The van der Waals surface area contributed by atoms with Gasteiger partial charge in [0.25, 0.3) is 0 Å². The first kappa shape index (κ1) is 21.5. The summed E-state index contributed by atoms with van der Waals surface area (Å²) in [4.78, 5) is 11.9. The molecule has 4 aromatic carbocycles. The Labute approximate surface area is 206 Å². The van der Waals surface area contributed by atoms with Crippen molar-refractivity contribution in [1.29, 1.82) is 0 Å². The van der Waals surface area contributed by atoms with Crippen LogP contribution in [-0.4, -0.2) is 5.97 Å². The van der Waals surface area contributed by atoms with E-state index in [1.165, 1.54) is 0 Å². The van der Waals surface area contributed by atoms with Gasteiger partial charge in [-0.3, -0.25) is 0 Å². The molecule has 0 aliphatic carbocycles. The molecule has 5 aromatic rings. The van der Waals surface area contributed by atoms with Gasteiger partial charge in [0.15, 0.2) is 0 Å². The SMILES string of the molecule is C=C1OC(=O)c2cc(Oc3ccc(-c4ccc(Oc5ccc6c(=C)oc(=C)c6c5)cc4)cc3)ccc21. The van der Waals surface area contributed by atoms with Gasteiger partial charge in [-0.25, -0.2) is 4.79 Å². The van der Waals surface area contributed by atoms with Crippen molar-refractivity contribution < 1.29 is 23.4 Å². The normalized spacial score (nSPS) is 12.4. The number of fused-ring (bicyclic) bond motifs is 2. The first-order valence-electron chi connectivity index (χ1n) is 11.3. The van der Waals surface area contributed by atoms with Crippen LogP contribution in [0.5, 0.6) is 23.0 Å². The first-order chi connectivity index (χ1) is 17.4.